The molecule has 0 unspecified atom stereocenters. The van der Waals surface area contributed by atoms with Crippen molar-refractivity contribution >= 4 is 5.91 Å². The van der Waals surface area contributed by atoms with Crippen molar-refractivity contribution in [3.8, 4) is 17.6 Å². The molecule has 3 aromatic rings. The number of hydrogen-bond donors (Lipinski definition) is 0. The molecule has 0 radical (unpaired) electrons. The van der Waals surface area contributed by atoms with E-state index in [9.17, 15) is 18.0 Å². The fourth-order valence-electron chi connectivity index (χ4n) is 3.19. The largest absolute Gasteiger partial charge is 0.493 e. The van der Waals surface area contributed by atoms with E-state index in [0.717, 1.165) is 0 Å². The van der Waals surface area contributed by atoms with E-state index in [1.54, 1.807) is 30.3 Å². The second-order valence-corrected chi connectivity index (χ2v) is 6.82. The van der Waals surface area contributed by atoms with Gasteiger partial charge in [0.15, 0.2) is 11.5 Å². The molecule has 0 aliphatic heterocycles. The number of hydrogen-bond acceptors (Lipinski definition) is 4. The number of nitriles is 1. The van der Waals surface area contributed by atoms with Crippen LogP contribution in [0.4, 0.5) is 13.2 Å². The third kappa shape index (κ3) is 5.58. The summed E-state index contributed by atoms with van der Waals surface area (Å²) in [5, 5.41) is 8.98. The highest BCUT2D eigenvalue weighted by molar-refractivity contribution is 5.97. The fraction of sp³-hybridized carbons (Fsp3) is 0.167. The van der Waals surface area contributed by atoms with Crippen LogP contribution in [0.3, 0.4) is 0 Å². The Morgan fingerprint density at radius 1 is 1.03 bits per heavy atom. The number of carbonyl (C=O) groups excluding carboxylic acids is 1. The Morgan fingerprint density at radius 2 is 1.72 bits per heavy atom. The summed E-state index contributed by atoms with van der Waals surface area (Å²) in [6, 6.07) is 18.6. The Balaban J connectivity index is 2.00. The van der Waals surface area contributed by atoms with Crippen LogP contribution >= 0.6 is 0 Å². The zero-order chi connectivity index (χ0) is 23.1. The Labute approximate surface area is 183 Å². The van der Waals surface area contributed by atoms with Gasteiger partial charge in [0.05, 0.1) is 24.3 Å². The number of rotatable bonds is 8. The summed E-state index contributed by atoms with van der Waals surface area (Å²) in [6.07, 6.45) is 0. The standard InChI is InChI=1S/C24H19F3N2O3/c1-31-21-7-3-6-20(22(21)32-24(26)27)23(30)29(15-18-4-2-5-19(25)12-18)14-17-10-8-16(13-28)9-11-17/h2-12,24H,14-15H2,1H3. The highest BCUT2D eigenvalue weighted by Gasteiger charge is 2.25. The zero-order valence-electron chi connectivity index (χ0n) is 17.1. The van der Waals surface area contributed by atoms with Crippen molar-refractivity contribution < 1.29 is 27.4 Å². The first kappa shape index (κ1) is 22.7. The third-order valence-electron chi connectivity index (χ3n) is 4.64. The molecule has 3 rings (SSSR count). The topological polar surface area (TPSA) is 62.6 Å². The van der Waals surface area contributed by atoms with E-state index in [1.807, 2.05) is 6.07 Å². The monoisotopic (exact) mass is 440 g/mol. The summed E-state index contributed by atoms with van der Waals surface area (Å²) in [7, 11) is 1.28. The third-order valence-corrected chi connectivity index (χ3v) is 4.64. The van der Waals surface area contributed by atoms with E-state index >= 15 is 0 Å². The maximum Gasteiger partial charge on any atom is 0.387 e. The minimum absolute atomic E-state index is 0.0137. The van der Waals surface area contributed by atoms with Gasteiger partial charge in [0.25, 0.3) is 5.91 Å². The Morgan fingerprint density at radius 3 is 2.34 bits per heavy atom. The van der Waals surface area contributed by atoms with E-state index in [4.69, 9.17) is 10.00 Å². The molecule has 0 N–H and O–H groups in total. The molecule has 1 amide bonds. The van der Waals surface area contributed by atoms with Gasteiger partial charge in [0.2, 0.25) is 0 Å². The second-order valence-electron chi connectivity index (χ2n) is 6.82. The molecule has 3 aromatic carbocycles. The normalized spacial score (nSPS) is 10.5. The van der Waals surface area contributed by atoms with Gasteiger partial charge in [0.1, 0.15) is 5.82 Å². The quantitative estimate of drug-likeness (QED) is 0.486. The highest BCUT2D eigenvalue weighted by atomic mass is 19.3. The Hall–Kier alpha value is -3.99. The van der Waals surface area contributed by atoms with Crippen LogP contribution in [0, 0.1) is 17.1 Å². The lowest BCUT2D eigenvalue weighted by Crippen LogP contribution is -2.30. The summed E-state index contributed by atoms with van der Waals surface area (Å²) in [5.74, 6) is -1.45. The molecule has 5 nitrogen and oxygen atoms in total. The van der Waals surface area contributed by atoms with Gasteiger partial charge >= 0.3 is 6.61 Å². The van der Waals surface area contributed by atoms with Gasteiger partial charge in [0, 0.05) is 13.1 Å². The van der Waals surface area contributed by atoms with Gasteiger partial charge in [-0.1, -0.05) is 30.3 Å². The molecule has 0 saturated heterocycles. The number of carbonyl (C=O) groups is 1. The van der Waals surface area contributed by atoms with E-state index in [0.29, 0.717) is 16.7 Å². The lowest BCUT2D eigenvalue weighted by molar-refractivity contribution is -0.0516. The lowest BCUT2D eigenvalue weighted by Gasteiger charge is -2.25. The van der Waals surface area contributed by atoms with Crippen molar-refractivity contribution in [1.29, 1.82) is 5.26 Å². The average Bonchev–Trinajstić information content (AvgIpc) is 2.78. The molecule has 0 atom stereocenters. The average molecular weight is 440 g/mol. The molecular weight excluding hydrogens is 421 g/mol. The van der Waals surface area contributed by atoms with Crippen LogP contribution in [0.1, 0.15) is 27.0 Å². The highest BCUT2D eigenvalue weighted by Crippen LogP contribution is 2.34. The van der Waals surface area contributed by atoms with Crippen LogP contribution in [-0.4, -0.2) is 24.5 Å². The van der Waals surface area contributed by atoms with Crippen molar-refractivity contribution in [2.24, 2.45) is 0 Å². The predicted molar refractivity (Wildman–Crippen MR) is 111 cm³/mol. The summed E-state index contributed by atoms with van der Waals surface area (Å²) >= 11 is 0. The van der Waals surface area contributed by atoms with Gasteiger partial charge < -0.3 is 14.4 Å². The molecular formula is C24H19F3N2O3. The Bertz CT molecular complexity index is 1130. The van der Waals surface area contributed by atoms with E-state index in [1.165, 1.54) is 48.4 Å². The first-order valence-corrected chi connectivity index (χ1v) is 9.56. The van der Waals surface area contributed by atoms with Crippen LogP contribution in [0.15, 0.2) is 66.7 Å². The molecule has 0 bridgehead atoms. The summed E-state index contributed by atoms with van der Waals surface area (Å²) in [6.45, 7) is -3.05. The molecule has 0 spiro atoms. The summed E-state index contributed by atoms with van der Waals surface area (Å²) < 4.78 is 49.4. The van der Waals surface area contributed by atoms with Crippen molar-refractivity contribution in [1.82, 2.24) is 4.90 Å². The molecule has 0 saturated carbocycles. The first-order chi connectivity index (χ1) is 15.4. The fourth-order valence-corrected chi connectivity index (χ4v) is 3.19. The number of benzene rings is 3. The SMILES string of the molecule is COc1cccc(C(=O)N(Cc2ccc(C#N)cc2)Cc2cccc(F)c2)c1OC(F)F. The van der Waals surface area contributed by atoms with E-state index in [2.05, 4.69) is 4.74 Å². The Kier molecular flexibility index (Phi) is 7.34. The van der Waals surface area contributed by atoms with Crippen LogP contribution < -0.4 is 9.47 Å². The smallest absolute Gasteiger partial charge is 0.387 e. The van der Waals surface area contributed by atoms with Crippen LogP contribution in [-0.2, 0) is 13.1 Å². The van der Waals surface area contributed by atoms with Crippen molar-refractivity contribution in [3.05, 3.63) is 94.8 Å². The molecule has 0 aliphatic carbocycles. The van der Waals surface area contributed by atoms with Crippen molar-refractivity contribution in [3.63, 3.8) is 0 Å². The number of methoxy groups -OCH3 is 1. The van der Waals surface area contributed by atoms with Crippen LogP contribution in [0.25, 0.3) is 0 Å². The van der Waals surface area contributed by atoms with Crippen LogP contribution in [0.5, 0.6) is 11.5 Å². The number of ether oxygens (including phenoxy) is 2. The maximum atomic E-state index is 13.7. The van der Waals surface area contributed by atoms with Gasteiger partial charge in [-0.15, -0.1) is 0 Å². The van der Waals surface area contributed by atoms with Gasteiger partial charge in [-0.2, -0.15) is 14.0 Å². The number of para-hydroxylation sites is 1. The number of nitrogens with zero attached hydrogens (tertiary/aromatic N) is 2. The van der Waals surface area contributed by atoms with Crippen LogP contribution in [0.2, 0.25) is 0 Å². The van der Waals surface area contributed by atoms with Gasteiger partial charge in [-0.05, 0) is 47.5 Å². The lowest BCUT2D eigenvalue weighted by atomic mass is 10.1. The maximum absolute atomic E-state index is 13.7. The summed E-state index contributed by atoms with van der Waals surface area (Å²) in [5.41, 5.74) is 1.56. The van der Waals surface area contributed by atoms with E-state index < -0.39 is 18.3 Å². The molecule has 0 aromatic heterocycles. The number of amides is 1. The van der Waals surface area contributed by atoms with Crippen molar-refractivity contribution in [2.45, 2.75) is 19.7 Å². The number of halogens is 3. The molecule has 32 heavy (non-hydrogen) atoms. The minimum Gasteiger partial charge on any atom is -0.493 e. The molecule has 8 heteroatoms. The van der Waals surface area contributed by atoms with Crippen molar-refractivity contribution in [2.75, 3.05) is 7.11 Å². The summed E-state index contributed by atoms with van der Waals surface area (Å²) in [4.78, 5) is 14.8. The van der Waals surface area contributed by atoms with Gasteiger partial charge in [-0.3, -0.25) is 4.79 Å². The molecule has 164 valence electrons. The first-order valence-electron chi connectivity index (χ1n) is 9.56. The molecule has 0 fully saturated rings. The second kappa shape index (κ2) is 10.4. The minimum atomic E-state index is -3.16. The molecule has 0 heterocycles. The van der Waals surface area contributed by atoms with E-state index in [-0.39, 0.29) is 30.2 Å². The molecule has 0 aliphatic rings. The number of alkyl halides is 2. The van der Waals surface area contributed by atoms with Gasteiger partial charge in [-0.25, -0.2) is 4.39 Å². The predicted octanol–water partition coefficient (Wildman–Crippen LogP) is 5.15. The zero-order valence-corrected chi connectivity index (χ0v) is 17.1.